The van der Waals surface area contributed by atoms with Crippen molar-refractivity contribution in [2.24, 2.45) is 5.73 Å². The van der Waals surface area contributed by atoms with Crippen molar-refractivity contribution in [2.75, 3.05) is 20.3 Å². The van der Waals surface area contributed by atoms with Crippen LogP contribution in [0.4, 0.5) is 13.2 Å². The maximum atomic E-state index is 12.9. The minimum atomic E-state index is -4.27. The van der Waals surface area contributed by atoms with E-state index in [0.29, 0.717) is 6.61 Å². The summed E-state index contributed by atoms with van der Waals surface area (Å²) < 4.78 is 43.5. The lowest BCUT2D eigenvalue weighted by atomic mass is 10.1. The Morgan fingerprint density at radius 3 is 2.31 bits per heavy atom. The van der Waals surface area contributed by atoms with Gasteiger partial charge in [0.05, 0.1) is 6.61 Å². The molecule has 1 aliphatic rings. The molecule has 3 nitrogen and oxygen atoms in total. The molecule has 96 valence electrons. The van der Waals surface area contributed by atoms with Gasteiger partial charge in [0.1, 0.15) is 6.04 Å². The number of ether oxygens (including phenoxy) is 1. The number of methoxy groups -OCH3 is 1. The molecule has 0 amide bonds. The molecule has 0 spiro atoms. The fourth-order valence-corrected chi connectivity index (χ4v) is 1.94. The Morgan fingerprint density at radius 1 is 1.44 bits per heavy atom. The Kier molecular flexibility index (Phi) is 4.58. The number of hydrogen-bond acceptors (Lipinski definition) is 3. The number of nitrogens with two attached hydrogens (primary N) is 1. The third-order valence-corrected chi connectivity index (χ3v) is 2.76. The highest BCUT2D eigenvalue weighted by molar-refractivity contribution is 4.94. The average molecular weight is 240 g/mol. The van der Waals surface area contributed by atoms with Gasteiger partial charge in [0.2, 0.25) is 0 Å². The van der Waals surface area contributed by atoms with Gasteiger partial charge in [0, 0.05) is 25.7 Å². The fourth-order valence-electron chi connectivity index (χ4n) is 1.94. The predicted octanol–water partition coefficient (Wildman–Crippen LogP) is 1.38. The van der Waals surface area contributed by atoms with Gasteiger partial charge in [-0.15, -0.1) is 0 Å². The van der Waals surface area contributed by atoms with E-state index in [4.69, 9.17) is 10.5 Å². The lowest BCUT2D eigenvalue weighted by Crippen LogP contribution is -2.56. The van der Waals surface area contributed by atoms with Gasteiger partial charge in [0.25, 0.3) is 0 Å². The Hall–Kier alpha value is -0.330. The van der Waals surface area contributed by atoms with E-state index >= 15 is 0 Å². The van der Waals surface area contributed by atoms with Gasteiger partial charge in [-0.25, -0.2) is 0 Å². The lowest BCUT2D eigenvalue weighted by Gasteiger charge is -2.35. The number of alkyl halides is 3. The molecule has 0 radical (unpaired) electrons. The molecule has 2 N–H and O–H groups in total. The smallest absolute Gasteiger partial charge is 0.383 e. The Bertz CT molecular complexity index is 217. The molecule has 2 atom stereocenters. The van der Waals surface area contributed by atoms with E-state index in [1.807, 2.05) is 0 Å². The summed E-state index contributed by atoms with van der Waals surface area (Å²) in [6.07, 6.45) is -2.63. The topological polar surface area (TPSA) is 38.5 Å². The zero-order chi connectivity index (χ0) is 12.3. The van der Waals surface area contributed by atoms with Crippen molar-refractivity contribution in [3.8, 4) is 0 Å². The molecule has 0 heterocycles. The van der Waals surface area contributed by atoms with Crippen LogP contribution < -0.4 is 5.73 Å². The SMILES string of the molecule is COCCN(C1CC1)C(C(C)N)C(F)(F)F. The predicted molar refractivity (Wildman–Crippen MR) is 55.1 cm³/mol. The second-order valence-electron chi connectivity index (χ2n) is 4.31. The van der Waals surface area contributed by atoms with Crippen molar-refractivity contribution in [2.45, 2.75) is 44.1 Å². The minimum absolute atomic E-state index is 0.0211. The van der Waals surface area contributed by atoms with Gasteiger partial charge in [-0.1, -0.05) is 0 Å². The van der Waals surface area contributed by atoms with E-state index in [0.717, 1.165) is 12.8 Å². The number of halogens is 3. The highest BCUT2D eigenvalue weighted by Gasteiger charge is 2.49. The van der Waals surface area contributed by atoms with Crippen LogP contribution in [0.25, 0.3) is 0 Å². The van der Waals surface area contributed by atoms with Crippen LogP contribution in [-0.2, 0) is 4.74 Å². The fraction of sp³-hybridized carbons (Fsp3) is 1.00. The molecule has 2 unspecified atom stereocenters. The van der Waals surface area contributed by atoms with E-state index in [9.17, 15) is 13.2 Å². The zero-order valence-electron chi connectivity index (χ0n) is 9.63. The third-order valence-electron chi connectivity index (χ3n) is 2.76. The molecule has 0 saturated heterocycles. The van der Waals surface area contributed by atoms with Gasteiger partial charge in [-0.2, -0.15) is 13.2 Å². The van der Waals surface area contributed by atoms with Gasteiger partial charge in [0.15, 0.2) is 0 Å². The van der Waals surface area contributed by atoms with Gasteiger partial charge in [-0.05, 0) is 19.8 Å². The first-order chi connectivity index (χ1) is 7.38. The van der Waals surface area contributed by atoms with Crippen molar-refractivity contribution in [3.05, 3.63) is 0 Å². The number of hydrogen-bond donors (Lipinski definition) is 1. The molecular weight excluding hydrogens is 221 g/mol. The molecule has 0 aliphatic heterocycles. The second-order valence-corrected chi connectivity index (χ2v) is 4.31. The van der Waals surface area contributed by atoms with E-state index in [1.54, 1.807) is 0 Å². The zero-order valence-corrected chi connectivity index (χ0v) is 9.63. The Balaban J connectivity index is 2.71. The number of rotatable bonds is 6. The highest BCUT2D eigenvalue weighted by Crippen LogP contribution is 2.35. The Morgan fingerprint density at radius 2 is 2.00 bits per heavy atom. The summed E-state index contributed by atoms with van der Waals surface area (Å²) in [6, 6.07) is -2.46. The summed E-state index contributed by atoms with van der Waals surface area (Å²) >= 11 is 0. The number of nitrogens with zero attached hydrogens (tertiary/aromatic N) is 1. The summed E-state index contributed by atoms with van der Waals surface area (Å²) in [5, 5.41) is 0. The van der Waals surface area contributed by atoms with Crippen LogP contribution >= 0.6 is 0 Å². The largest absolute Gasteiger partial charge is 0.405 e. The Labute approximate surface area is 93.7 Å². The summed E-state index contributed by atoms with van der Waals surface area (Å²) in [4.78, 5) is 1.44. The van der Waals surface area contributed by atoms with Crippen LogP contribution in [0.15, 0.2) is 0 Å². The first-order valence-corrected chi connectivity index (χ1v) is 5.45. The second kappa shape index (κ2) is 5.33. The van der Waals surface area contributed by atoms with Crippen molar-refractivity contribution in [1.82, 2.24) is 4.90 Å². The van der Waals surface area contributed by atoms with Crippen molar-refractivity contribution in [1.29, 1.82) is 0 Å². The van der Waals surface area contributed by atoms with Gasteiger partial charge >= 0.3 is 6.18 Å². The van der Waals surface area contributed by atoms with Crippen molar-refractivity contribution in [3.63, 3.8) is 0 Å². The first kappa shape index (κ1) is 13.7. The van der Waals surface area contributed by atoms with Crippen molar-refractivity contribution >= 4 is 0 Å². The minimum Gasteiger partial charge on any atom is -0.383 e. The summed E-state index contributed by atoms with van der Waals surface area (Å²) in [7, 11) is 1.49. The normalized spacial score (nSPS) is 21.2. The van der Waals surface area contributed by atoms with Crippen LogP contribution in [0.2, 0.25) is 0 Å². The molecule has 0 bridgehead atoms. The van der Waals surface area contributed by atoms with E-state index in [-0.39, 0.29) is 12.6 Å². The average Bonchev–Trinajstić information content (AvgIpc) is 2.91. The summed E-state index contributed by atoms with van der Waals surface area (Å²) in [6.45, 7) is 1.99. The molecule has 1 fully saturated rings. The molecule has 0 aromatic carbocycles. The molecular formula is C10H19F3N2O. The third kappa shape index (κ3) is 3.61. The molecule has 1 rings (SSSR count). The van der Waals surface area contributed by atoms with Crippen LogP contribution in [-0.4, -0.2) is 49.5 Å². The van der Waals surface area contributed by atoms with Crippen molar-refractivity contribution < 1.29 is 17.9 Å². The van der Waals surface area contributed by atoms with Gasteiger partial charge < -0.3 is 10.5 Å². The van der Waals surface area contributed by atoms with E-state index in [1.165, 1.54) is 18.9 Å². The quantitative estimate of drug-likeness (QED) is 0.762. The van der Waals surface area contributed by atoms with Crippen LogP contribution in [0.1, 0.15) is 19.8 Å². The van der Waals surface area contributed by atoms with Gasteiger partial charge in [-0.3, -0.25) is 4.90 Å². The standard InChI is InChI=1S/C10H19F3N2O/c1-7(14)9(10(11,12)13)15(5-6-16-2)8-3-4-8/h7-9H,3-6,14H2,1-2H3. The first-order valence-electron chi connectivity index (χ1n) is 5.45. The van der Waals surface area contributed by atoms with Crippen LogP contribution in [0.3, 0.4) is 0 Å². The molecule has 0 aromatic rings. The maximum absolute atomic E-state index is 12.9. The molecule has 0 aromatic heterocycles. The van der Waals surface area contributed by atoms with E-state index in [2.05, 4.69) is 0 Å². The lowest BCUT2D eigenvalue weighted by molar-refractivity contribution is -0.191. The van der Waals surface area contributed by atoms with E-state index < -0.39 is 18.3 Å². The van der Waals surface area contributed by atoms with Crippen LogP contribution in [0.5, 0.6) is 0 Å². The van der Waals surface area contributed by atoms with Crippen LogP contribution in [0, 0.1) is 0 Å². The molecule has 16 heavy (non-hydrogen) atoms. The maximum Gasteiger partial charge on any atom is 0.405 e. The molecule has 1 aliphatic carbocycles. The molecule has 6 heteroatoms. The highest BCUT2D eigenvalue weighted by atomic mass is 19.4. The summed E-state index contributed by atoms with van der Waals surface area (Å²) in [5.74, 6) is 0. The molecule has 1 saturated carbocycles. The summed E-state index contributed by atoms with van der Waals surface area (Å²) in [5.41, 5.74) is 5.46. The monoisotopic (exact) mass is 240 g/mol.